The molecule has 3 amide bonds. The van der Waals surface area contributed by atoms with Crippen LogP contribution in [0, 0.1) is 0 Å². The maximum atomic E-state index is 12.1. The van der Waals surface area contributed by atoms with Gasteiger partial charge >= 0.3 is 6.03 Å². The molecule has 0 aliphatic heterocycles. The Morgan fingerprint density at radius 3 is 2.04 bits per heavy atom. The van der Waals surface area contributed by atoms with Gasteiger partial charge in [0.25, 0.3) is 0 Å². The number of rotatable bonds is 5. The lowest BCUT2D eigenvalue weighted by Gasteiger charge is -2.12. The second kappa shape index (κ2) is 9.09. The molecule has 142 valence electrons. The Balaban J connectivity index is 1.92. The second-order valence-corrected chi connectivity index (χ2v) is 7.16. The van der Waals surface area contributed by atoms with E-state index in [1.165, 1.54) is 7.05 Å². The summed E-state index contributed by atoms with van der Waals surface area (Å²) in [6.45, 7) is 1.68. The van der Waals surface area contributed by atoms with E-state index in [0.29, 0.717) is 16.5 Å². The average Bonchev–Trinajstić information content (AvgIpc) is 2.74. The minimum atomic E-state index is -0.565. The number of thioether (sulfide) groups is 1. The van der Waals surface area contributed by atoms with Crippen molar-refractivity contribution in [3.05, 3.63) is 60.7 Å². The standard InChI is InChI=1S/C20H19N5O2S/c1-13(18(26)23-19(27)21-2)28-20-22-16(14-9-5-3-6-10-14)17(24-25-20)15-11-7-4-8-12-15/h3-13H,1-2H3,(H2,21,23,26,27)/t13-/m0/s1. The fourth-order valence-electron chi connectivity index (χ4n) is 2.44. The van der Waals surface area contributed by atoms with E-state index in [-0.39, 0.29) is 0 Å². The summed E-state index contributed by atoms with van der Waals surface area (Å²) in [5.74, 6) is -0.429. The van der Waals surface area contributed by atoms with Gasteiger partial charge in [0.05, 0.1) is 5.25 Å². The van der Waals surface area contributed by atoms with Crippen molar-refractivity contribution in [2.45, 2.75) is 17.3 Å². The first-order chi connectivity index (χ1) is 13.6. The number of imide groups is 1. The van der Waals surface area contributed by atoms with Gasteiger partial charge in [-0.3, -0.25) is 10.1 Å². The third kappa shape index (κ3) is 4.72. The molecular formula is C20H19N5O2S. The van der Waals surface area contributed by atoms with E-state index in [4.69, 9.17) is 0 Å². The third-order valence-corrected chi connectivity index (χ3v) is 4.83. The van der Waals surface area contributed by atoms with Gasteiger partial charge in [-0.05, 0) is 6.92 Å². The minimum absolute atomic E-state index is 0.359. The van der Waals surface area contributed by atoms with Crippen LogP contribution in [0.1, 0.15) is 6.92 Å². The Morgan fingerprint density at radius 2 is 1.46 bits per heavy atom. The summed E-state index contributed by atoms with van der Waals surface area (Å²) in [4.78, 5) is 28.1. The average molecular weight is 393 g/mol. The first-order valence-corrected chi connectivity index (χ1v) is 9.51. The molecule has 0 saturated heterocycles. The summed E-state index contributed by atoms with van der Waals surface area (Å²) >= 11 is 1.14. The van der Waals surface area contributed by atoms with Crippen LogP contribution < -0.4 is 10.6 Å². The van der Waals surface area contributed by atoms with Crippen LogP contribution in [0.15, 0.2) is 65.8 Å². The van der Waals surface area contributed by atoms with Crippen LogP contribution in [0.2, 0.25) is 0 Å². The van der Waals surface area contributed by atoms with Gasteiger partial charge in [-0.25, -0.2) is 9.78 Å². The minimum Gasteiger partial charge on any atom is -0.341 e. The molecule has 3 rings (SSSR count). The van der Waals surface area contributed by atoms with E-state index in [1.807, 2.05) is 60.7 Å². The summed E-state index contributed by atoms with van der Waals surface area (Å²) in [5.41, 5.74) is 3.16. The smallest absolute Gasteiger partial charge is 0.321 e. The van der Waals surface area contributed by atoms with E-state index in [1.54, 1.807) is 6.92 Å². The highest BCUT2D eigenvalue weighted by Crippen LogP contribution is 2.30. The molecule has 0 aliphatic carbocycles. The highest BCUT2D eigenvalue weighted by atomic mass is 32.2. The second-order valence-electron chi connectivity index (χ2n) is 5.85. The number of carbonyl (C=O) groups is 2. The zero-order chi connectivity index (χ0) is 19.9. The van der Waals surface area contributed by atoms with Crippen molar-refractivity contribution in [2.24, 2.45) is 0 Å². The maximum absolute atomic E-state index is 12.1. The molecule has 28 heavy (non-hydrogen) atoms. The largest absolute Gasteiger partial charge is 0.341 e. The van der Waals surface area contributed by atoms with Crippen LogP contribution in [0.3, 0.4) is 0 Å². The fourth-order valence-corrected chi connectivity index (χ4v) is 3.15. The van der Waals surface area contributed by atoms with E-state index >= 15 is 0 Å². The van der Waals surface area contributed by atoms with Gasteiger partial charge in [-0.15, -0.1) is 10.2 Å². The van der Waals surface area contributed by atoms with Crippen LogP contribution in [-0.4, -0.2) is 39.4 Å². The maximum Gasteiger partial charge on any atom is 0.321 e. The molecule has 8 heteroatoms. The first-order valence-electron chi connectivity index (χ1n) is 8.63. The van der Waals surface area contributed by atoms with Crippen LogP contribution >= 0.6 is 11.8 Å². The number of nitrogens with one attached hydrogen (secondary N) is 2. The van der Waals surface area contributed by atoms with Gasteiger partial charge in [-0.2, -0.15) is 0 Å². The van der Waals surface area contributed by atoms with Gasteiger partial charge in [0.15, 0.2) is 0 Å². The summed E-state index contributed by atoms with van der Waals surface area (Å²) < 4.78 is 0. The molecule has 0 aliphatic rings. The van der Waals surface area contributed by atoms with Crippen LogP contribution in [0.4, 0.5) is 4.79 Å². The topological polar surface area (TPSA) is 96.9 Å². The van der Waals surface area contributed by atoms with Gasteiger partial charge in [-0.1, -0.05) is 72.4 Å². The molecule has 0 bridgehead atoms. The number of aromatic nitrogens is 3. The molecule has 1 aromatic heterocycles. The first kappa shape index (κ1) is 19.5. The number of nitrogens with zero attached hydrogens (tertiary/aromatic N) is 3. The molecule has 0 unspecified atom stereocenters. The molecule has 3 aromatic rings. The number of urea groups is 1. The van der Waals surface area contributed by atoms with Crippen molar-refractivity contribution in [3.63, 3.8) is 0 Å². The Labute approximate surface area is 167 Å². The zero-order valence-electron chi connectivity index (χ0n) is 15.4. The predicted molar refractivity (Wildman–Crippen MR) is 109 cm³/mol. The van der Waals surface area contributed by atoms with Crippen molar-refractivity contribution < 1.29 is 9.59 Å². The quantitative estimate of drug-likeness (QED) is 0.647. The monoisotopic (exact) mass is 393 g/mol. The van der Waals surface area contributed by atoms with Gasteiger partial charge in [0.2, 0.25) is 11.1 Å². The van der Waals surface area contributed by atoms with Crippen LogP contribution in [0.5, 0.6) is 0 Å². The Morgan fingerprint density at radius 1 is 0.893 bits per heavy atom. The number of hydrogen-bond acceptors (Lipinski definition) is 6. The summed E-state index contributed by atoms with van der Waals surface area (Å²) in [7, 11) is 1.45. The lowest BCUT2D eigenvalue weighted by atomic mass is 10.0. The van der Waals surface area contributed by atoms with Gasteiger partial charge in [0.1, 0.15) is 11.4 Å². The molecule has 1 atom stereocenters. The Bertz CT molecular complexity index is 967. The van der Waals surface area contributed by atoms with Crippen LogP contribution in [-0.2, 0) is 4.79 Å². The molecule has 2 aromatic carbocycles. The fraction of sp³-hybridized carbons (Fsp3) is 0.150. The van der Waals surface area contributed by atoms with E-state index in [2.05, 4.69) is 25.8 Å². The summed E-state index contributed by atoms with van der Waals surface area (Å²) in [6, 6.07) is 18.8. The molecule has 1 heterocycles. The van der Waals surface area contributed by atoms with Crippen molar-refractivity contribution in [2.75, 3.05) is 7.05 Å². The molecule has 7 nitrogen and oxygen atoms in total. The molecule has 0 spiro atoms. The summed E-state index contributed by atoms with van der Waals surface area (Å²) in [6.07, 6.45) is 0. The number of carbonyl (C=O) groups excluding carboxylic acids is 2. The van der Waals surface area contributed by atoms with Crippen LogP contribution in [0.25, 0.3) is 22.5 Å². The molecule has 0 saturated carbocycles. The van der Waals surface area contributed by atoms with Crippen molar-refractivity contribution in [1.82, 2.24) is 25.8 Å². The van der Waals surface area contributed by atoms with Gasteiger partial charge in [0, 0.05) is 18.2 Å². The molecule has 0 radical (unpaired) electrons. The van der Waals surface area contributed by atoms with E-state index < -0.39 is 17.2 Å². The van der Waals surface area contributed by atoms with Crippen molar-refractivity contribution in [1.29, 1.82) is 0 Å². The third-order valence-electron chi connectivity index (χ3n) is 3.88. The highest BCUT2D eigenvalue weighted by molar-refractivity contribution is 8.00. The predicted octanol–water partition coefficient (Wildman–Crippen LogP) is 3.14. The van der Waals surface area contributed by atoms with E-state index in [9.17, 15) is 9.59 Å². The number of benzene rings is 2. The number of amides is 3. The molecule has 2 N–H and O–H groups in total. The number of hydrogen-bond donors (Lipinski definition) is 2. The Hall–Kier alpha value is -3.26. The van der Waals surface area contributed by atoms with Crippen molar-refractivity contribution >= 4 is 23.7 Å². The van der Waals surface area contributed by atoms with Gasteiger partial charge < -0.3 is 5.32 Å². The van der Waals surface area contributed by atoms with Crippen molar-refractivity contribution in [3.8, 4) is 22.5 Å². The Kier molecular flexibility index (Phi) is 6.33. The SMILES string of the molecule is CNC(=O)NC(=O)[C@H](C)Sc1nnc(-c2ccccc2)c(-c2ccccc2)n1. The lowest BCUT2D eigenvalue weighted by molar-refractivity contribution is -0.119. The normalized spacial score (nSPS) is 11.5. The lowest BCUT2D eigenvalue weighted by Crippen LogP contribution is -2.41. The molecular weight excluding hydrogens is 374 g/mol. The van der Waals surface area contributed by atoms with E-state index in [0.717, 1.165) is 22.9 Å². The zero-order valence-corrected chi connectivity index (χ0v) is 16.2. The summed E-state index contributed by atoms with van der Waals surface area (Å²) in [5, 5.41) is 12.9. The highest BCUT2D eigenvalue weighted by Gasteiger charge is 2.20. The molecule has 0 fully saturated rings.